The lowest BCUT2D eigenvalue weighted by Gasteiger charge is -2.14. The highest BCUT2D eigenvalue weighted by Gasteiger charge is 2.19. The Labute approximate surface area is 154 Å². The van der Waals surface area contributed by atoms with Crippen molar-refractivity contribution < 1.29 is 4.39 Å². The van der Waals surface area contributed by atoms with Gasteiger partial charge in [-0.3, -0.25) is 9.59 Å². The monoisotopic (exact) mass is 366 g/mol. The predicted molar refractivity (Wildman–Crippen MR) is 99.0 cm³/mol. The van der Waals surface area contributed by atoms with E-state index in [0.717, 1.165) is 25.7 Å². The Morgan fingerprint density at radius 1 is 1.00 bits per heavy atom. The van der Waals surface area contributed by atoms with Crippen LogP contribution < -0.4 is 11.1 Å². The van der Waals surface area contributed by atoms with E-state index in [9.17, 15) is 14.0 Å². The summed E-state index contributed by atoms with van der Waals surface area (Å²) in [5.41, 5.74) is 0.678. The van der Waals surface area contributed by atoms with Crippen LogP contribution in [0.2, 0.25) is 0 Å². The van der Waals surface area contributed by atoms with Gasteiger partial charge in [0.25, 0.3) is 0 Å². The van der Waals surface area contributed by atoms with Gasteiger partial charge in [-0.1, -0.05) is 25.0 Å². The minimum atomic E-state index is -0.555. The molecule has 2 heterocycles. The summed E-state index contributed by atoms with van der Waals surface area (Å²) < 4.78 is 16.2. The maximum atomic E-state index is 13.3. The smallest absolute Gasteiger partial charge is 0.306 e. The lowest BCUT2D eigenvalue weighted by molar-refractivity contribution is 0.487. The Hall–Kier alpha value is -3.09. The summed E-state index contributed by atoms with van der Waals surface area (Å²) in [4.78, 5) is 24.8. The van der Waals surface area contributed by atoms with E-state index in [4.69, 9.17) is 0 Å². The molecule has 4 rings (SSSR count). The van der Waals surface area contributed by atoms with Gasteiger partial charge >= 0.3 is 11.1 Å². The molecule has 1 saturated carbocycles. The molecule has 0 unspecified atom stereocenters. The van der Waals surface area contributed by atoms with Crippen molar-refractivity contribution in [3.8, 4) is 11.3 Å². The van der Waals surface area contributed by atoms with E-state index < -0.39 is 11.1 Å². The van der Waals surface area contributed by atoms with Crippen molar-refractivity contribution in [3.05, 3.63) is 81.0 Å². The molecule has 0 aliphatic heterocycles. The Morgan fingerprint density at radius 2 is 1.81 bits per heavy atom. The second kappa shape index (κ2) is 7.26. The minimum Gasteiger partial charge on any atom is -0.306 e. The van der Waals surface area contributed by atoms with Gasteiger partial charge in [-0.05, 0) is 37.1 Å². The molecule has 27 heavy (non-hydrogen) atoms. The fourth-order valence-electron chi connectivity index (χ4n) is 3.54. The Morgan fingerprint density at radius 3 is 2.52 bits per heavy atom. The highest BCUT2D eigenvalue weighted by atomic mass is 19.1. The zero-order chi connectivity index (χ0) is 18.8. The van der Waals surface area contributed by atoms with Crippen LogP contribution in [0.5, 0.6) is 0 Å². The van der Waals surface area contributed by atoms with Crippen LogP contribution in [-0.4, -0.2) is 19.3 Å². The molecule has 7 heteroatoms. The fourth-order valence-corrected chi connectivity index (χ4v) is 3.54. The largest absolute Gasteiger partial charge is 0.316 e. The average Bonchev–Trinajstić information content (AvgIpc) is 3.21. The Bertz CT molecular complexity index is 1070. The van der Waals surface area contributed by atoms with Crippen molar-refractivity contribution in [1.29, 1.82) is 0 Å². The quantitative estimate of drug-likeness (QED) is 0.666. The van der Waals surface area contributed by atoms with Crippen molar-refractivity contribution in [1.82, 2.24) is 19.3 Å². The first-order chi connectivity index (χ1) is 13.1. The van der Waals surface area contributed by atoms with Gasteiger partial charge in [-0.25, -0.2) is 4.39 Å². The first-order valence-corrected chi connectivity index (χ1v) is 9.02. The average molecular weight is 366 g/mol. The standard InChI is InChI=1S/C20H19FN4O2/c21-15-5-3-4-14(12-15)18-9-8-16(22-23-18)13-24-10-11-25(20(27)19(24)26)17-6-1-2-7-17/h3-5,8-12,17H,1-2,6-7,13H2. The third kappa shape index (κ3) is 3.58. The fraction of sp³-hybridized carbons (Fsp3) is 0.300. The zero-order valence-electron chi connectivity index (χ0n) is 14.7. The molecule has 0 radical (unpaired) electrons. The van der Waals surface area contributed by atoms with Gasteiger partial charge in [-0.2, -0.15) is 10.2 Å². The van der Waals surface area contributed by atoms with Crippen molar-refractivity contribution in [3.63, 3.8) is 0 Å². The molecule has 1 fully saturated rings. The van der Waals surface area contributed by atoms with Crippen LogP contribution in [0.15, 0.2) is 58.4 Å². The van der Waals surface area contributed by atoms with Crippen LogP contribution in [0, 0.1) is 5.82 Å². The van der Waals surface area contributed by atoms with Crippen LogP contribution in [-0.2, 0) is 6.54 Å². The predicted octanol–water partition coefficient (Wildman–Crippen LogP) is 2.77. The molecule has 0 bridgehead atoms. The molecular weight excluding hydrogens is 347 g/mol. The van der Waals surface area contributed by atoms with Crippen LogP contribution in [0.3, 0.4) is 0 Å². The van der Waals surface area contributed by atoms with E-state index in [0.29, 0.717) is 17.0 Å². The Kier molecular flexibility index (Phi) is 4.66. The van der Waals surface area contributed by atoms with Gasteiger partial charge < -0.3 is 9.13 Å². The second-order valence-corrected chi connectivity index (χ2v) is 6.80. The van der Waals surface area contributed by atoms with Gasteiger partial charge in [0.15, 0.2) is 0 Å². The van der Waals surface area contributed by atoms with Crippen LogP contribution >= 0.6 is 0 Å². The van der Waals surface area contributed by atoms with Gasteiger partial charge in [0, 0.05) is 24.0 Å². The molecule has 0 saturated heterocycles. The van der Waals surface area contributed by atoms with Gasteiger partial charge in [0.2, 0.25) is 0 Å². The van der Waals surface area contributed by atoms with Crippen molar-refractivity contribution in [2.24, 2.45) is 0 Å². The highest BCUT2D eigenvalue weighted by molar-refractivity contribution is 5.58. The lowest BCUT2D eigenvalue weighted by Crippen LogP contribution is -2.41. The third-order valence-electron chi connectivity index (χ3n) is 4.98. The van der Waals surface area contributed by atoms with Crippen molar-refractivity contribution in [2.45, 2.75) is 38.3 Å². The van der Waals surface area contributed by atoms with E-state index >= 15 is 0 Å². The van der Waals surface area contributed by atoms with E-state index in [-0.39, 0.29) is 18.4 Å². The first kappa shape index (κ1) is 17.3. The minimum absolute atomic E-state index is 0.130. The highest BCUT2D eigenvalue weighted by Crippen LogP contribution is 2.27. The van der Waals surface area contributed by atoms with Gasteiger partial charge in [-0.15, -0.1) is 0 Å². The van der Waals surface area contributed by atoms with Crippen LogP contribution in [0.1, 0.15) is 37.4 Å². The molecule has 0 spiro atoms. The molecule has 1 aromatic carbocycles. The number of rotatable bonds is 4. The zero-order valence-corrected chi connectivity index (χ0v) is 14.7. The molecule has 1 aliphatic carbocycles. The summed E-state index contributed by atoms with van der Waals surface area (Å²) in [7, 11) is 0. The molecule has 6 nitrogen and oxygen atoms in total. The Balaban J connectivity index is 1.56. The lowest BCUT2D eigenvalue weighted by atomic mass is 10.1. The summed E-state index contributed by atoms with van der Waals surface area (Å²) in [6.07, 6.45) is 7.38. The maximum absolute atomic E-state index is 13.3. The molecule has 138 valence electrons. The number of benzene rings is 1. The van der Waals surface area contributed by atoms with Gasteiger partial charge in [0.05, 0.1) is 17.9 Å². The molecule has 0 N–H and O–H groups in total. The topological polar surface area (TPSA) is 69.8 Å². The van der Waals surface area contributed by atoms with E-state index in [2.05, 4.69) is 10.2 Å². The number of aromatic nitrogens is 4. The molecule has 3 aromatic rings. The molecule has 1 aliphatic rings. The number of nitrogens with zero attached hydrogens (tertiary/aromatic N) is 4. The van der Waals surface area contributed by atoms with Crippen molar-refractivity contribution in [2.75, 3.05) is 0 Å². The normalized spacial score (nSPS) is 14.6. The summed E-state index contributed by atoms with van der Waals surface area (Å²) >= 11 is 0. The summed E-state index contributed by atoms with van der Waals surface area (Å²) in [5, 5.41) is 8.21. The third-order valence-corrected chi connectivity index (χ3v) is 4.98. The van der Waals surface area contributed by atoms with Gasteiger partial charge in [0.1, 0.15) is 5.82 Å². The van der Waals surface area contributed by atoms with Crippen LogP contribution in [0.25, 0.3) is 11.3 Å². The summed E-state index contributed by atoms with van der Waals surface area (Å²) in [5.74, 6) is -0.340. The molecule has 0 amide bonds. The SMILES string of the molecule is O=c1c(=O)n(C2CCCC2)ccn1Cc1ccc(-c2cccc(F)c2)nn1. The van der Waals surface area contributed by atoms with Crippen LogP contribution in [0.4, 0.5) is 4.39 Å². The van der Waals surface area contributed by atoms with E-state index in [1.54, 1.807) is 41.2 Å². The summed E-state index contributed by atoms with van der Waals surface area (Å²) in [6.45, 7) is 0.163. The maximum Gasteiger partial charge on any atom is 0.316 e. The number of halogens is 1. The first-order valence-electron chi connectivity index (χ1n) is 9.02. The van der Waals surface area contributed by atoms with E-state index in [1.165, 1.54) is 16.7 Å². The number of hydrogen-bond donors (Lipinski definition) is 0. The van der Waals surface area contributed by atoms with E-state index in [1.807, 2.05) is 0 Å². The molecule has 2 aromatic heterocycles. The number of hydrogen-bond acceptors (Lipinski definition) is 4. The molecular formula is C20H19FN4O2. The molecule has 0 atom stereocenters. The second-order valence-electron chi connectivity index (χ2n) is 6.80. The van der Waals surface area contributed by atoms with Crippen molar-refractivity contribution >= 4 is 0 Å². The summed E-state index contributed by atoms with van der Waals surface area (Å²) in [6, 6.07) is 9.69.